The van der Waals surface area contributed by atoms with Crippen LogP contribution in [0.15, 0.2) is 170 Å². The van der Waals surface area contributed by atoms with Gasteiger partial charge in [0.25, 0.3) is 11.4 Å². The monoisotopic (exact) mass is 1390 g/mol. The molecule has 0 aliphatic rings. The number of hydrogen-bond acceptors (Lipinski definition) is 12. The van der Waals surface area contributed by atoms with Gasteiger partial charge in [-0.1, -0.05) is 164 Å². The van der Waals surface area contributed by atoms with Crippen molar-refractivity contribution in [2.24, 2.45) is 0 Å². The minimum absolute atomic E-state index is 0.0928. The molecule has 0 fully saturated rings. The number of nitrogens with two attached hydrogens (primary N) is 1. The van der Waals surface area contributed by atoms with Crippen molar-refractivity contribution in [3.63, 3.8) is 0 Å². The van der Waals surface area contributed by atoms with Crippen LogP contribution in [0.1, 0.15) is 63.7 Å². The number of aromatic carboxylic acids is 1. The normalized spacial score (nSPS) is 9.97. The molecule has 0 heterocycles. The molecule has 402 valence electrons. The molecule has 8 aromatic carbocycles. The number of hydrogen-bond donors (Lipinski definition) is 2. The number of non-ortho nitro benzene ring substituents is 2. The SMILES string of the molecule is COC(=O)c1cc(-c2ccc(C)cc2)cc([N+](=O)[O-])c1.COC(=O)c1cc(I)cc(-c2ccc(C)cc2)c1.COC(=O)c1cc(N)cc(-c2ccc(C)cc2)c1.Cc1ccc(-c2cc(C(=O)O)cc([N+](=O)[O-])c2)cc1.ICI. The van der Waals surface area contributed by atoms with Gasteiger partial charge in [-0.3, -0.25) is 20.2 Å². The number of rotatable bonds is 10. The average Bonchev–Trinajstić information content (AvgIpc) is 3.43. The molecular formula is C60H54I3N3O12. The third-order valence-electron chi connectivity index (χ3n) is 11.2. The second-order valence-electron chi connectivity index (χ2n) is 17.0. The number of anilines is 1. The van der Waals surface area contributed by atoms with Crippen LogP contribution in [-0.4, -0.2) is 62.6 Å². The molecule has 0 unspecified atom stereocenters. The van der Waals surface area contributed by atoms with E-state index in [2.05, 4.69) is 110 Å². The highest BCUT2D eigenvalue weighted by molar-refractivity contribution is 14.2. The molecule has 15 nitrogen and oxygen atoms in total. The Morgan fingerprint density at radius 2 is 0.705 bits per heavy atom. The van der Waals surface area contributed by atoms with Crippen molar-refractivity contribution in [3.05, 3.63) is 238 Å². The van der Waals surface area contributed by atoms with Crippen molar-refractivity contribution >= 4 is 109 Å². The van der Waals surface area contributed by atoms with Crippen molar-refractivity contribution in [2.45, 2.75) is 27.7 Å². The minimum Gasteiger partial charge on any atom is -0.478 e. The zero-order valence-electron chi connectivity index (χ0n) is 43.4. The van der Waals surface area contributed by atoms with Gasteiger partial charge < -0.3 is 25.1 Å². The number of carboxylic acid groups (broad SMARTS) is 1. The van der Waals surface area contributed by atoms with E-state index in [-0.39, 0.29) is 34.4 Å². The fourth-order valence-electron chi connectivity index (χ4n) is 7.16. The third kappa shape index (κ3) is 19.5. The first-order valence-corrected chi connectivity index (χ1v) is 27.4. The summed E-state index contributed by atoms with van der Waals surface area (Å²) in [6, 6.07) is 50.3. The van der Waals surface area contributed by atoms with Crippen LogP contribution in [0.25, 0.3) is 44.5 Å². The van der Waals surface area contributed by atoms with E-state index in [0.29, 0.717) is 27.9 Å². The smallest absolute Gasteiger partial charge is 0.338 e. The molecule has 0 saturated carbocycles. The van der Waals surface area contributed by atoms with Gasteiger partial charge in [-0.2, -0.15) is 0 Å². The van der Waals surface area contributed by atoms with Gasteiger partial charge in [-0.15, -0.1) is 0 Å². The van der Waals surface area contributed by atoms with Crippen LogP contribution in [0.4, 0.5) is 17.1 Å². The number of nitrogen functional groups attached to an aromatic ring is 1. The molecule has 0 aromatic heterocycles. The Morgan fingerprint density at radius 1 is 0.436 bits per heavy atom. The van der Waals surface area contributed by atoms with Crippen LogP contribution >= 0.6 is 67.8 Å². The van der Waals surface area contributed by atoms with Crippen molar-refractivity contribution in [1.29, 1.82) is 0 Å². The highest BCUT2D eigenvalue weighted by Gasteiger charge is 2.17. The lowest BCUT2D eigenvalue weighted by Gasteiger charge is -2.07. The minimum atomic E-state index is -1.18. The number of esters is 3. The Hall–Kier alpha value is -7.57. The summed E-state index contributed by atoms with van der Waals surface area (Å²) in [7, 11) is 4.00. The molecular weight excluding hydrogens is 1340 g/mol. The van der Waals surface area contributed by atoms with E-state index in [0.717, 1.165) is 54.1 Å². The number of aryl methyl sites for hydroxylation is 4. The molecule has 3 N–H and O–H groups in total. The lowest BCUT2D eigenvalue weighted by Crippen LogP contribution is -2.02. The van der Waals surface area contributed by atoms with Crippen molar-refractivity contribution < 1.29 is 48.3 Å². The number of halogens is 3. The predicted molar refractivity (Wildman–Crippen MR) is 331 cm³/mol. The highest BCUT2D eigenvalue weighted by atomic mass is 127. The summed E-state index contributed by atoms with van der Waals surface area (Å²) in [6.45, 7) is 7.97. The quantitative estimate of drug-likeness (QED) is 0.0247. The van der Waals surface area contributed by atoms with Crippen LogP contribution in [0.5, 0.6) is 0 Å². The van der Waals surface area contributed by atoms with Gasteiger partial charge in [0.15, 0.2) is 0 Å². The zero-order valence-corrected chi connectivity index (χ0v) is 49.9. The number of carbonyl (C=O) groups is 4. The molecule has 0 spiro atoms. The van der Waals surface area contributed by atoms with Crippen molar-refractivity contribution in [1.82, 2.24) is 0 Å². The predicted octanol–water partition coefficient (Wildman–Crippen LogP) is 15.5. The summed E-state index contributed by atoms with van der Waals surface area (Å²) in [6.07, 6.45) is 0. The summed E-state index contributed by atoms with van der Waals surface area (Å²) in [5, 5.41) is 30.8. The topological polar surface area (TPSA) is 228 Å². The first kappa shape index (κ1) is 63.0. The van der Waals surface area contributed by atoms with Crippen LogP contribution < -0.4 is 5.73 Å². The number of benzene rings is 8. The van der Waals surface area contributed by atoms with Gasteiger partial charge in [0.05, 0.1) is 55.9 Å². The first-order valence-electron chi connectivity index (χ1n) is 23.3. The number of nitrogens with zero attached hydrogens (tertiary/aromatic N) is 2. The maximum Gasteiger partial charge on any atom is 0.338 e. The second kappa shape index (κ2) is 31.0. The average molecular weight is 1390 g/mol. The molecule has 0 aliphatic carbocycles. The van der Waals surface area contributed by atoms with Crippen LogP contribution in [0.2, 0.25) is 0 Å². The lowest BCUT2D eigenvalue weighted by molar-refractivity contribution is -0.385. The van der Waals surface area contributed by atoms with Gasteiger partial charge in [0, 0.05) is 33.5 Å². The maximum atomic E-state index is 11.6. The number of alkyl halides is 2. The Morgan fingerprint density at radius 3 is 1.01 bits per heavy atom. The molecule has 0 amide bonds. The van der Waals surface area contributed by atoms with E-state index in [9.17, 15) is 39.4 Å². The summed E-state index contributed by atoms with van der Waals surface area (Å²) in [5.74, 6) is -2.46. The largest absolute Gasteiger partial charge is 0.478 e. The number of carbonyl (C=O) groups excluding carboxylic acids is 3. The Labute approximate surface area is 492 Å². The Bertz CT molecular complexity index is 3250. The third-order valence-corrected chi connectivity index (χ3v) is 11.8. The van der Waals surface area contributed by atoms with E-state index >= 15 is 0 Å². The molecule has 8 aromatic rings. The fourth-order valence-corrected chi connectivity index (χ4v) is 7.83. The maximum absolute atomic E-state index is 11.6. The van der Waals surface area contributed by atoms with Gasteiger partial charge in [0.2, 0.25) is 0 Å². The lowest BCUT2D eigenvalue weighted by atomic mass is 10.0. The van der Waals surface area contributed by atoms with Gasteiger partial charge >= 0.3 is 23.9 Å². The summed E-state index contributed by atoms with van der Waals surface area (Å²) < 4.78 is 16.3. The van der Waals surface area contributed by atoms with Gasteiger partial charge in [-0.05, 0) is 143 Å². The Kier molecular flexibility index (Phi) is 25.0. The van der Waals surface area contributed by atoms with E-state index in [1.54, 1.807) is 30.3 Å². The number of methoxy groups -OCH3 is 3. The second-order valence-corrected chi connectivity index (χ2v) is 22.7. The molecule has 8 rings (SSSR count). The van der Waals surface area contributed by atoms with Crippen molar-refractivity contribution in [3.8, 4) is 44.5 Å². The highest BCUT2D eigenvalue weighted by Crippen LogP contribution is 2.30. The number of nitro groups is 2. The molecule has 0 radical (unpaired) electrons. The van der Waals surface area contributed by atoms with E-state index in [1.807, 2.05) is 99.6 Å². The van der Waals surface area contributed by atoms with Gasteiger partial charge in [-0.25, -0.2) is 19.2 Å². The standard InChI is InChI=1S/C15H13IO2.C15H13NO4.C15H15NO2.C14H11NO4.CH2I2/c1-10-3-5-11(6-4-10)12-7-13(15(17)18-2)9-14(16)8-12;1-10-3-5-11(6-4-10)12-7-13(15(17)20-2)9-14(8-12)16(18)19;1-10-3-5-11(6-4-10)12-7-13(15(17)18-2)9-14(16)8-12;1-9-2-4-10(5-3-9)11-6-12(14(16)17)8-13(7-11)15(18)19;2-1-3/h3-9H,1-2H3;3-9H,1-2H3;3-9H,16H2,1-2H3;2-8H,1H3,(H,16,17);1H2. The van der Waals surface area contributed by atoms with E-state index in [4.69, 9.17) is 20.3 Å². The van der Waals surface area contributed by atoms with Crippen LogP contribution in [0.3, 0.4) is 0 Å². The summed E-state index contributed by atoms with van der Waals surface area (Å²) >= 11 is 6.76. The molecule has 0 aliphatic heterocycles. The molecule has 0 atom stereocenters. The molecule has 0 saturated heterocycles. The van der Waals surface area contributed by atoms with E-state index < -0.39 is 21.8 Å². The van der Waals surface area contributed by atoms with E-state index in [1.165, 1.54) is 59.2 Å². The first-order chi connectivity index (χ1) is 37.1. The molecule has 18 heteroatoms. The number of nitro benzene ring substituents is 2. The fraction of sp³-hybridized carbons (Fsp3) is 0.133. The van der Waals surface area contributed by atoms with Gasteiger partial charge in [0.1, 0.15) is 0 Å². The molecule has 78 heavy (non-hydrogen) atoms. The number of ether oxygens (including phenoxy) is 3. The zero-order chi connectivity index (χ0) is 57.6. The Balaban J connectivity index is 0.000000220. The molecule has 0 bridgehead atoms. The summed E-state index contributed by atoms with van der Waals surface area (Å²) in [5.41, 5.74) is 18.4. The van der Waals surface area contributed by atoms with Crippen LogP contribution in [0, 0.1) is 51.5 Å². The summed E-state index contributed by atoms with van der Waals surface area (Å²) in [4.78, 5) is 66.3. The number of carboxylic acids is 1. The van der Waals surface area contributed by atoms with Crippen molar-refractivity contribution in [2.75, 3.05) is 29.5 Å². The van der Waals surface area contributed by atoms with Crippen LogP contribution in [-0.2, 0) is 14.2 Å².